The second-order valence-electron chi connectivity index (χ2n) is 9.70. The molecule has 2 amide bonds. The van der Waals surface area contributed by atoms with Crippen molar-refractivity contribution in [2.45, 2.75) is 39.0 Å². The van der Waals surface area contributed by atoms with Crippen LogP contribution in [-0.4, -0.2) is 42.7 Å². The van der Waals surface area contributed by atoms with Crippen molar-refractivity contribution in [1.29, 1.82) is 0 Å². The molecule has 37 heavy (non-hydrogen) atoms. The highest BCUT2D eigenvalue weighted by Gasteiger charge is 2.37. The number of amides is 2. The van der Waals surface area contributed by atoms with E-state index in [9.17, 15) is 14.4 Å². The molecule has 1 aliphatic heterocycles. The molecule has 1 atom stereocenters. The van der Waals surface area contributed by atoms with E-state index in [0.717, 1.165) is 16.9 Å². The molecule has 0 aliphatic carbocycles. The fourth-order valence-electron chi connectivity index (χ4n) is 4.12. The molecule has 1 heterocycles. The lowest BCUT2D eigenvalue weighted by molar-refractivity contribution is -0.153. The highest BCUT2D eigenvalue weighted by Crippen LogP contribution is 2.37. The number of benzene rings is 3. The van der Waals surface area contributed by atoms with Crippen molar-refractivity contribution in [3.8, 4) is 0 Å². The molecule has 0 saturated carbocycles. The van der Waals surface area contributed by atoms with Crippen LogP contribution in [0.1, 0.15) is 26.3 Å². The molecule has 0 fully saturated rings. The van der Waals surface area contributed by atoms with Gasteiger partial charge in [-0.25, -0.2) is 4.79 Å². The Balaban J connectivity index is 1.64. The predicted molar refractivity (Wildman–Crippen MR) is 142 cm³/mol. The van der Waals surface area contributed by atoms with Gasteiger partial charge in [-0.15, -0.1) is 0 Å². The average Bonchev–Trinajstić information content (AvgIpc) is 2.98. The minimum Gasteiger partial charge on any atom is -0.459 e. The topological polar surface area (TPSA) is 88.2 Å². The Kier molecular flexibility index (Phi) is 7.77. The number of nitrogens with zero attached hydrogens (tertiary/aromatic N) is 2. The Morgan fingerprint density at radius 2 is 1.49 bits per heavy atom. The second-order valence-corrected chi connectivity index (χ2v) is 9.70. The Bertz CT molecular complexity index is 1240. The molecule has 1 N–H and O–H groups in total. The smallest absolute Gasteiger partial charge is 0.408 e. The second kappa shape index (κ2) is 11.2. The normalized spacial score (nSPS) is 15.4. The maximum absolute atomic E-state index is 13.8. The van der Waals surface area contributed by atoms with Crippen molar-refractivity contribution in [1.82, 2.24) is 5.32 Å². The van der Waals surface area contributed by atoms with E-state index < -0.39 is 29.6 Å². The minimum absolute atomic E-state index is 0.0673. The Labute approximate surface area is 216 Å². The maximum atomic E-state index is 13.8. The summed E-state index contributed by atoms with van der Waals surface area (Å²) in [4.78, 5) is 42.7. The lowest BCUT2D eigenvalue weighted by Gasteiger charge is -2.27. The van der Waals surface area contributed by atoms with Crippen LogP contribution in [0, 0.1) is 0 Å². The van der Waals surface area contributed by atoms with E-state index in [2.05, 4.69) is 5.32 Å². The summed E-state index contributed by atoms with van der Waals surface area (Å²) >= 11 is 0. The Morgan fingerprint density at radius 3 is 2.14 bits per heavy atom. The van der Waals surface area contributed by atoms with Crippen molar-refractivity contribution >= 4 is 35.0 Å². The van der Waals surface area contributed by atoms with Crippen LogP contribution in [0.3, 0.4) is 0 Å². The zero-order valence-corrected chi connectivity index (χ0v) is 21.2. The average molecular weight is 502 g/mol. The van der Waals surface area contributed by atoms with Gasteiger partial charge in [0, 0.05) is 5.69 Å². The Morgan fingerprint density at radius 1 is 0.892 bits per heavy atom. The van der Waals surface area contributed by atoms with Gasteiger partial charge in [-0.1, -0.05) is 60.7 Å². The number of para-hydroxylation sites is 3. The van der Waals surface area contributed by atoms with E-state index in [1.165, 1.54) is 4.90 Å². The number of esters is 1. The first kappa shape index (κ1) is 25.8. The molecule has 8 nitrogen and oxygen atoms in total. The van der Waals surface area contributed by atoms with Crippen LogP contribution in [0.25, 0.3) is 0 Å². The fraction of sp³-hybridized carbons (Fsp3) is 0.276. The van der Waals surface area contributed by atoms with Gasteiger partial charge in [-0.05, 0) is 50.6 Å². The molecule has 0 saturated heterocycles. The Hall–Kier alpha value is -4.33. The molecule has 0 radical (unpaired) electrons. The lowest BCUT2D eigenvalue weighted by Crippen LogP contribution is -2.53. The number of hydrogen-bond donors (Lipinski definition) is 1. The summed E-state index contributed by atoms with van der Waals surface area (Å²) in [5.41, 5.74) is 2.23. The van der Waals surface area contributed by atoms with Crippen LogP contribution in [0.5, 0.6) is 0 Å². The summed E-state index contributed by atoms with van der Waals surface area (Å²) in [5, 5.41) is 2.72. The number of fused-ring (bicyclic) bond motifs is 1. The van der Waals surface area contributed by atoms with E-state index in [-0.39, 0.29) is 19.7 Å². The van der Waals surface area contributed by atoms with Gasteiger partial charge in [0.15, 0.2) is 0 Å². The number of anilines is 3. The van der Waals surface area contributed by atoms with Crippen LogP contribution < -0.4 is 15.1 Å². The third-order valence-electron chi connectivity index (χ3n) is 5.67. The molecule has 4 rings (SSSR count). The fourth-order valence-corrected chi connectivity index (χ4v) is 4.12. The highest BCUT2D eigenvalue weighted by atomic mass is 16.6. The van der Waals surface area contributed by atoms with Gasteiger partial charge in [0.1, 0.15) is 24.8 Å². The van der Waals surface area contributed by atoms with E-state index >= 15 is 0 Å². The van der Waals surface area contributed by atoms with Crippen LogP contribution in [0.2, 0.25) is 0 Å². The molecule has 1 unspecified atom stereocenters. The summed E-state index contributed by atoms with van der Waals surface area (Å²) in [6.07, 6.45) is -0.724. The summed E-state index contributed by atoms with van der Waals surface area (Å²) in [5.74, 6) is -0.984. The van der Waals surface area contributed by atoms with Crippen molar-refractivity contribution in [3.05, 3.63) is 90.5 Å². The van der Waals surface area contributed by atoms with Crippen molar-refractivity contribution in [3.63, 3.8) is 0 Å². The summed E-state index contributed by atoms with van der Waals surface area (Å²) < 4.78 is 10.9. The van der Waals surface area contributed by atoms with Gasteiger partial charge in [-0.3, -0.25) is 14.5 Å². The molecule has 8 heteroatoms. The zero-order valence-electron chi connectivity index (χ0n) is 21.2. The molecule has 0 bridgehead atoms. The number of rotatable bonds is 6. The number of ether oxygens (including phenoxy) is 2. The minimum atomic E-state index is -0.988. The van der Waals surface area contributed by atoms with Crippen LogP contribution in [0.4, 0.5) is 21.9 Å². The van der Waals surface area contributed by atoms with Crippen LogP contribution in [-0.2, 0) is 25.7 Å². The van der Waals surface area contributed by atoms with Crippen molar-refractivity contribution < 1.29 is 23.9 Å². The third-order valence-corrected chi connectivity index (χ3v) is 5.67. The van der Waals surface area contributed by atoms with Gasteiger partial charge >= 0.3 is 12.1 Å². The van der Waals surface area contributed by atoms with E-state index in [0.29, 0.717) is 5.69 Å². The summed E-state index contributed by atoms with van der Waals surface area (Å²) in [6, 6.07) is 25.2. The standard InChI is InChI=1S/C29H31N3O5/c1-29(2,3)37-26(33)19-32-25-17-11-10-16-24(25)31(22-14-8-5-9-15-22)18-23(27(32)34)30-28(35)36-20-21-12-6-4-7-13-21/h4-17,23H,18-20H2,1-3H3,(H,30,35). The predicted octanol–water partition coefficient (Wildman–Crippen LogP) is 4.81. The van der Waals surface area contributed by atoms with E-state index in [1.807, 2.05) is 77.7 Å². The van der Waals surface area contributed by atoms with Gasteiger partial charge in [-0.2, -0.15) is 0 Å². The lowest BCUT2D eigenvalue weighted by atomic mass is 10.2. The first-order valence-corrected chi connectivity index (χ1v) is 12.1. The maximum Gasteiger partial charge on any atom is 0.408 e. The molecule has 0 spiro atoms. The summed E-state index contributed by atoms with van der Waals surface area (Å²) in [6.45, 7) is 5.23. The number of alkyl carbamates (subject to hydrolysis) is 1. The number of carbonyl (C=O) groups is 3. The van der Waals surface area contributed by atoms with Gasteiger partial charge in [0.2, 0.25) is 0 Å². The first-order chi connectivity index (χ1) is 17.7. The van der Waals surface area contributed by atoms with Crippen LogP contribution >= 0.6 is 0 Å². The molecule has 192 valence electrons. The highest BCUT2D eigenvalue weighted by molar-refractivity contribution is 6.06. The van der Waals surface area contributed by atoms with E-state index in [4.69, 9.17) is 9.47 Å². The molecular formula is C29H31N3O5. The van der Waals surface area contributed by atoms with Gasteiger partial charge in [0.25, 0.3) is 5.91 Å². The summed E-state index contributed by atoms with van der Waals surface area (Å²) in [7, 11) is 0. The molecular weight excluding hydrogens is 470 g/mol. The number of nitrogens with one attached hydrogen (secondary N) is 1. The molecule has 1 aliphatic rings. The monoisotopic (exact) mass is 501 g/mol. The molecule has 3 aromatic carbocycles. The quantitative estimate of drug-likeness (QED) is 0.488. The van der Waals surface area contributed by atoms with Crippen molar-refractivity contribution in [2.24, 2.45) is 0 Å². The van der Waals surface area contributed by atoms with E-state index in [1.54, 1.807) is 32.9 Å². The molecule has 3 aromatic rings. The van der Waals surface area contributed by atoms with Crippen molar-refractivity contribution in [2.75, 3.05) is 22.9 Å². The zero-order chi connectivity index (χ0) is 26.4. The first-order valence-electron chi connectivity index (χ1n) is 12.1. The van der Waals surface area contributed by atoms with Gasteiger partial charge in [0.05, 0.1) is 17.9 Å². The molecule has 0 aromatic heterocycles. The largest absolute Gasteiger partial charge is 0.459 e. The number of hydrogen-bond acceptors (Lipinski definition) is 6. The van der Waals surface area contributed by atoms with Gasteiger partial charge < -0.3 is 19.7 Å². The SMILES string of the molecule is CC(C)(C)OC(=O)CN1C(=O)C(NC(=O)OCc2ccccc2)CN(c2ccccc2)c2ccccc21. The third kappa shape index (κ3) is 6.67. The number of carbonyl (C=O) groups excluding carboxylic acids is 3. The van der Waals surface area contributed by atoms with Crippen LogP contribution in [0.15, 0.2) is 84.9 Å².